The molecule has 0 aromatic heterocycles. The van der Waals surface area contributed by atoms with Crippen molar-refractivity contribution in [3.05, 3.63) is 32.7 Å². The molecule has 0 atom stereocenters. The van der Waals surface area contributed by atoms with Crippen molar-refractivity contribution in [3.63, 3.8) is 0 Å². The Bertz CT molecular complexity index is 369. The molecule has 77 valence electrons. The second-order valence-corrected chi connectivity index (χ2v) is 3.33. The lowest BCUT2D eigenvalue weighted by molar-refractivity contribution is -0.142. The van der Waals surface area contributed by atoms with Crippen LogP contribution in [0, 0.1) is 27.1 Å². The Balaban J connectivity index is 3.53. The third kappa shape index (κ3) is 1.96. The van der Waals surface area contributed by atoms with E-state index in [0.29, 0.717) is 0 Å². The van der Waals surface area contributed by atoms with Crippen LogP contribution in [-0.4, -0.2) is 0 Å². The van der Waals surface area contributed by atoms with Crippen molar-refractivity contribution in [3.8, 4) is 0 Å². The zero-order valence-electron chi connectivity index (χ0n) is 6.15. The van der Waals surface area contributed by atoms with Gasteiger partial charge in [-0.3, -0.25) is 0 Å². The van der Waals surface area contributed by atoms with Gasteiger partial charge in [0.05, 0.1) is 9.64 Å². The second kappa shape index (κ2) is 3.59. The van der Waals surface area contributed by atoms with Crippen molar-refractivity contribution in [1.82, 2.24) is 0 Å². The van der Waals surface area contributed by atoms with Crippen molar-refractivity contribution < 1.29 is 26.3 Å². The highest BCUT2D eigenvalue weighted by molar-refractivity contribution is 14.1. The summed E-state index contributed by atoms with van der Waals surface area (Å²) in [5.74, 6) is -5.51. The lowest BCUT2D eigenvalue weighted by Gasteiger charge is -2.09. The maximum Gasteiger partial charge on any atom is 0.422 e. The van der Waals surface area contributed by atoms with Gasteiger partial charge in [0, 0.05) is 0 Å². The fraction of sp³-hybridized carbons (Fsp3) is 0.143. The molecule has 0 N–H and O–H groups in total. The maximum absolute atomic E-state index is 12.8. The first-order valence-electron chi connectivity index (χ1n) is 3.07. The van der Waals surface area contributed by atoms with Gasteiger partial charge in [-0.05, 0) is 22.6 Å². The molecule has 1 aromatic rings. The normalized spacial score (nSPS) is 11.9. The molecule has 1 aromatic carbocycles. The minimum atomic E-state index is -5.20. The molecule has 0 unspecified atom stereocenters. The van der Waals surface area contributed by atoms with Crippen LogP contribution in [0.2, 0.25) is 0 Å². The molecule has 0 nitrogen and oxygen atoms in total. The van der Waals surface area contributed by atoms with Gasteiger partial charge in [0.1, 0.15) is 11.4 Å². The van der Waals surface area contributed by atoms with E-state index in [0.717, 1.165) is 28.7 Å². The first kappa shape index (κ1) is 11.6. The number of rotatable bonds is 0. The van der Waals surface area contributed by atoms with Gasteiger partial charge in [0.15, 0.2) is 11.6 Å². The summed E-state index contributed by atoms with van der Waals surface area (Å²) in [7, 11) is 0. The topological polar surface area (TPSA) is 0 Å². The van der Waals surface area contributed by atoms with E-state index in [1.54, 1.807) is 0 Å². The molecule has 0 saturated heterocycles. The summed E-state index contributed by atoms with van der Waals surface area (Å²) in [4.78, 5) is 0. The Labute approximate surface area is 88.1 Å². The van der Waals surface area contributed by atoms with Gasteiger partial charge in [0.2, 0.25) is 0 Å². The Morgan fingerprint density at radius 1 is 1.00 bits per heavy atom. The summed E-state index contributed by atoms with van der Waals surface area (Å²) < 4.78 is 72.9. The zero-order valence-corrected chi connectivity index (χ0v) is 8.30. The Morgan fingerprint density at radius 2 is 1.50 bits per heavy atom. The van der Waals surface area contributed by atoms with Crippen LogP contribution in [0.15, 0.2) is 0 Å². The second-order valence-electron chi connectivity index (χ2n) is 2.25. The monoisotopic (exact) mass is 325 g/mol. The molecule has 0 saturated carbocycles. The van der Waals surface area contributed by atoms with Crippen molar-refractivity contribution in [1.29, 1.82) is 0 Å². The summed E-state index contributed by atoms with van der Waals surface area (Å²) in [6, 6.07) is 1.15. The molecule has 0 fully saturated rings. The largest absolute Gasteiger partial charge is 0.422 e. The third-order valence-electron chi connectivity index (χ3n) is 1.33. The van der Waals surface area contributed by atoms with Crippen LogP contribution in [-0.2, 0) is 6.18 Å². The van der Waals surface area contributed by atoms with Gasteiger partial charge in [-0.2, -0.15) is 13.2 Å². The van der Waals surface area contributed by atoms with Crippen molar-refractivity contribution in [2.45, 2.75) is 6.18 Å². The first-order chi connectivity index (χ1) is 6.25. The molecule has 0 aliphatic heterocycles. The molecular weight excluding hydrogens is 325 g/mol. The molecule has 0 bridgehead atoms. The molecule has 14 heavy (non-hydrogen) atoms. The van der Waals surface area contributed by atoms with Gasteiger partial charge >= 0.3 is 6.18 Å². The summed E-state index contributed by atoms with van der Waals surface area (Å²) in [6.45, 7) is 0. The predicted octanol–water partition coefficient (Wildman–Crippen LogP) is 3.53. The number of alkyl halides is 3. The van der Waals surface area contributed by atoms with E-state index in [-0.39, 0.29) is 0 Å². The van der Waals surface area contributed by atoms with E-state index in [9.17, 15) is 26.3 Å². The quantitative estimate of drug-likeness (QED) is 0.296. The number of halogens is 7. The van der Waals surface area contributed by atoms with E-state index < -0.39 is 32.8 Å². The van der Waals surface area contributed by atoms with Gasteiger partial charge in [0.25, 0.3) is 0 Å². The summed E-state index contributed by atoms with van der Waals surface area (Å²) in [5.41, 5.74) is -2.12. The van der Waals surface area contributed by atoms with Crippen molar-refractivity contribution >= 4 is 22.6 Å². The Kier molecular flexibility index (Phi) is 2.98. The molecule has 0 aliphatic carbocycles. The zero-order chi connectivity index (χ0) is 11.1. The summed E-state index contributed by atoms with van der Waals surface area (Å²) in [6.07, 6.45) is -5.20. The van der Waals surface area contributed by atoms with Gasteiger partial charge in [-0.1, -0.05) is 0 Å². The van der Waals surface area contributed by atoms with E-state index in [1.807, 2.05) is 0 Å². The highest BCUT2D eigenvalue weighted by atomic mass is 127. The summed E-state index contributed by atoms with van der Waals surface area (Å²) >= 11 is 1.00. The fourth-order valence-electron chi connectivity index (χ4n) is 0.765. The van der Waals surface area contributed by atoms with E-state index in [2.05, 4.69) is 0 Å². The molecule has 0 heterocycles. The van der Waals surface area contributed by atoms with E-state index >= 15 is 0 Å². The average molecular weight is 325 g/mol. The maximum atomic E-state index is 12.8. The molecule has 1 rings (SSSR count). The minimum absolute atomic E-state index is 0.934. The molecule has 0 spiro atoms. The lowest BCUT2D eigenvalue weighted by Crippen LogP contribution is -2.13. The van der Waals surface area contributed by atoms with Gasteiger partial charge in [-0.25, -0.2) is 13.2 Å². The smallest absolute Gasteiger partial charge is 0.205 e. The van der Waals surface area contributed by atoms with E-state index in [1.165, 1.54) is 0 Å². The number of hydrogen-bond donors (Lipinski definition) is 0. The first-order valence-corrected chi connectivity index (χ1v) is 4.15. The molecule has 0 amide bonds. The molecule has 7 heteroatoms. The van der Waals surface area contributed by atoms with Crippen LogP contribution >= 0.6 is 22.6 Å². The van der Waals surface area contributed by atoms with Gasteiger partial charge in [-0.15, -0.1) is 0 Å². The van der Waals surface area contributed by atoms with Crippen LogP contribution in [0.5, 0.6) is 0 Å². The predicted molar refractivity (Wildman–Crippen MR) is 42.9 cm³/mol. The van der Waals surface area contributed by atoms with Crippen LogP contribution in [0.3, 0.4) is 0 Å². The van der Waals surface area contributed by atoms with Crippen molar-refractivity contribution in [2.24, 2.45) is 0 Å². The van der Waals surface area contributed by atoms with Gasteiger partial charge < -0.3 is 0 Å². The fourth-order valence-corrected chi connectivity index (χ4v) is 1.17. The van der Waals surface area contributed by atoms with Crippen LogP contribution < -0.4 is 0 Å². The van der Waals surface area contributed by atoms with E-state index in [4.69, 9.17) is 0 Å². The van der Waals surface area contributed by atoms with Crippen molar-refractivity contribution in [2.75, 3.05) is 0 Å². The molecular formula is C7F6I. The number of benzene rings is 1. The summed E-state index contributed by atoms with van der Waals surface area (Å²) in [5, 5.41) is 0. The van der Waals surface area contributed by atoms with Crippen LogP contribution in [0.4, 0.5) is 26.3 Å². The molecule has 1 radical (unpaired) electrons. The highest BCUT2D eigenvalue weighted by Crippen LogP contribution is 2.35. The number of hydrogen-bond acceptors (Lipinski definition) is 0. The third-order valence-corrected chi connectivity index (χ3v) is 2.27. The highest BCUT2D eigenvalue weighted by Gasteiger charge is 2.39. The lowest BCUT2D eigenvalue weighted by atomic mass is 10.2. The molecule has 0 aliphatic rings. The Morgan fingerprint density at radius 3 is 1.93 bits per heavy atom. The Hall–Kier alpha value is -0.470. The average Bonchev–Trinajstić information content (AvgIpc) is 1.97. The minimum Gasteiger partial charge on any atom is -0.205 e. The SMILES string of the molecule is Fc1[c]c(F)c(C(F)(F)F)c(F)c1I. The standard InChI is InChI=1S/C7F6I/c8-2-1-3(9)6(14)5(10)4(2)7(11,12)13. The van der Waals surface area contributed by atoms with Crippen LogP contribution in [0.25, 0.3) is 0 Å². The van der Waals surface area contributed by atoms with Crippen LogP contribution in [0.1, 0.15) is 5.56 Å².